The summed E-state index contributed by atoms with van der Waals surface area (Å²) in [4.78, 5) is 24.1. The van der Waals surface area contributed by atoms with E-state index in [1.54, 1.807) is 0 Å². The van der Waals surface area contributed by atoms with Crippen LogP contribution in [0.4, 0.5) is 0 Å². The highest BCUT2D eigenvalue weighted by molar-refractivity contribution is 5.81. The molecule has 1 aliphatic carbocycles. The van der Waals surface area contributed by atoms with E-state index >= 15 is 0 Å². The molecular formula is C26H48O4. The molecule has 3 unspecified atom stereocenters. The lowest BCUT2D eigenvalue weighted by molar-refractivity contribution is -0.164. The van der Waals surface area contributed by atoms with E-state index in [4.69, 9.17) is 4.74 Å². The van der Waals surface area contributed by atoms with Crippen LogP contribution in [0.2, 0.25) is 0 Å². The second-order valence-electron chi connectivity index (χ2n) is 9.36. The number of carbonyl (C=O) groups excluding carboxylic acids is 1. The van der Waals surface area contributed by atoms with Gasteiger partial charge in [-0.25, -0.2) is 0 Å². The second kappa shape index (κ2) is 17.6. The van der Waals surface area contributed by atoms with Gasteiger partial charge in [-0.3, -0.25) is 9.59 Å². The highest BCUT2D eigenvalue weighted by atomic mass is 16.5. The number of aliphatic carboxylic acids is 1. The third kappa shape index (κ3) is 12.0. The Morgan fingerprint density at radius 2 is 1.23 bits per heavy atom. The molecular weight excluding hydrogens is 376 g/mol. The molecule has 4 nitrogen and oxygen atoms in total. The van der Waals surface area contributed by atoms with Gasteiger partial charge < -0.3 is 9.84 Å². The molecule has 4 heteroatoms. The van der Waals surface area contributed by atoms with E-state index < -0.39 is 17.8 Å². The van der Waals surface area contributed by atoms with E-state index in [1.165, 1.54) is 70.6 Å². The highest BCUT2D eigenvalue weighted by Crippen LogP contribution is 2.32. The van der Waals surface area contributed by atoms with E-state index in [-0.39, 0.29) is 12.1 Å². The zero-order valence-electron chi connectivity index (χ0n) is 19.8. The maximum Gasteiger partial charge on any atom is 0.310 e. The first kappa shape index (κ1) is 27.0. The van der Waals surface area contributed by atoms with Crippen molar-refractivity contribution >= 4 is 11.9 Å². The van der Waals surface area contributed by atoms with Crippen LogP contribution in [0.25, 0.3) is 0 Å². The molecule has 3 atom stereocenters. The lowest BCUT2D eigenvalue weighted by atomic mass is 9.79. The van der Waals surface area contributed by atoms with Crippen LogP contribution < -0.4 is 0 Å². The number of carboxylic acids is 1. The number of ether oxygens (including phenoxy) is 1. The van der Waals surface area contributed by atoms with E-state index in [9.17, 15) is 14.7 Å². The molecule has 176 valence electrons. The van der Waals surface area contributed by atoms with E-state index in [1.807, 2.05) is 0 Å². The van der Waals surface area contributed by atoms with Crippen molar-refractivity contribution in [3.05, 3.63) is 0 Å². The summed E-state index contributed by atoms with van der Waals surface area (Å²) in [5, 5.41) is 9.41. The molecule has 0 spiro atoms. The Morgan fingerprint density at radius 3 is 1.73 bits per heavy atom. The van der Waals surface area contributed by atoms with Gasteiger partial charge in [0.2, 0.25) is 0 Å². The zero-order chi connectivity index (χ0) is 22.0. The van der Waals surface area contributed by atoms with E-state index in [2.05, 4.69) is 13.8 Å². The SMILES string of the molecule is CCCCCCCCCCCCCCC(CCC)OC(=O)C1CCCCC1C(=O)O. The molecule has 1 fully saturated rings. The summed E-state index contributed by atoms with van der Waals surface area (Å²) in [6.07, 6.45) is 21.7. The van der Waals surface area contributed by atoms with Gasteiger partial charge in [0.05, 0.1) is 11.8 Å². The number of carbonyl (C=O) groups is 2. The number of carboxylic acid groups (broad SMARTS) is 1. The van der Waals surface area contributed by atoms with Crippen molar-refractivity contribution in [2.24, 2.45) is 11.8 Å². The van der Waals surface area contributed by atoms with Crippen molar-refractivity contribution < 1.29 is 19.4 Å². The Bertz CT molecular complexity index is 448. The Labute approximate surface area is 185 Å². The van der Waals surface area contributed by atoms with Crippen molar-refractivity contribution in [1.82, 2.24) is 0 Å². The van der Waals surface area contributed by atoms with Crippen LogP contribution in [0.1, 0.15) is 136 Å². The molecule has 30 heavy (non-hydrogen) atoms. The van der Waals surface area contributed by atoms with Gasteiger partial charge in [-0.15, -0.1) is 0 Å². The van der Waals surface area contributed by atoms with Crippen molar-refractivity contribution in [2.75, 3.05) is 0 Å². The van der Waals surface area contributed by atoms with Gasteiger partial charge in [0.25, 0.3) is 0 Å². The Balaban J connectivity index is 2.15. The average Bonchev–Trinajstić information content (AvgIpc) is 2.74. The molecule has 0 aromatic carbocycles. The van der Waals surface area contributed by atoms with Crippen LogP contribution in [0.3, 0.4) is 0 Å². The maximum atomic E-state index is 12.6. The van der Waals surface area contributed by atoms with Gasteiger partial charge in [-0.1, -0.05) is 104 Å². The topological polar surface area (TPSA) is 63.6 Å². The van der Waals surface area contributed by atoms with Gasteiger partial charge in [-0.05, 0) is 32.1 Å². The first-order valence-electron chi connectivity index (χ1n) is 13.0. The molecule has 1 N–H and O–H groups in total. The van der Waals surface area contributed by atoms with E-state index in [0.717, 1.165) is 38.5 Å². The standard InChI is InChI=1S/C26H48O4/c1-3-5-6-7-8-9-10-11-12-13-14-15-19-22(18-4-2)30-26(29)24-21-17-16-20-23(24)25(27)28/h22-24H,3-21H2,1-2H3,(H,27,28). The molecule has 0 aromatic heterocycles. The Morgan fingerprint density at radius 1 is 0.733 bits per heavy atom. The minimum absolute atomic E-state index is 0.0398. The minimum Gasteiger partial charge on any atom is -0.481 e. The zero-order valence-corrected chi connectivity index (χ0v) is 19.8. The monoisotopic (exact) mass is 424 g/mol. The van der Waals surface area contributed by atoms with Crippen LogP contribution in [0.5, 0.6) is 0 Å². The lowest BCUT2D eigenvalue weighted by Gasteiger charge is -2.28. The number of hydrogen-bond donors (Lipinski definition) is 1. The molecule has 0 bridgehead atoms. The predicted octanol–water partition coefficient (Wildman–Crippen LogP) is 7.68. The quantitative estimate of drug-likeness (QED) is 0.181. The third-order valence-electron chi connectivity index (χ3n) is 6.66. The van der Waals surface area contributed by atoms with E-state index in [0.29, 0.717) is 12.8 Å². The van der Waals surface area contributed by atoms with Gasteiger partial charge in [0.15, 0.2) is 0 Å². The molecule has 0 aromatic rings. The largest absolute Gasteiger partial charge is 0.481 e. The molecule has 0 aliphatic heterocycles. The number of hydrogen-bond acceptors (Lipinski definition) is 3. The molecule has 0 heterocycles. The fourth-order valence-corrected chi connectivity index (χ4v) is 4.76. The third-order valence-corrected chi connectivity index (χ3v) is 6.66. The van der Waals surface area contributed by atoms with Crippen LogP contribution in [0.15, 0.2) is 0 Å². The summed E-state index contributed by atoms with van der Waals surface area (Å²) < 4.78 is 5.81. The molecule has 1 rings (SSSR count). The smallest absolute Gasteiger partial charge is 0.310 e. The first-order chi connectivity index (χ1) is 14.6. The van der Waals surface area contributed by atoms with Gasteiger partial charge >= 0.3 is 11.9 Å². The summed E-state index contributed by atoms with van der Waals surface area (Å²) in [7, 11) is 0. The van der Waals surface area contributed by atoms with Gasteiger partial charge in [-0.2, -0.15) is 0 Å². The van der Waals surface area contributed by atoms with Crippen LogP contribution in [-0.2, 0) is 14.3 Å². The lowest BCUT2D eigenvalue weighted by Crippen LogP contribution is -2.35. The van der Waals surface area contributed by atoms with Crippen LogP contribution in [0, 0.1) is 11.8 Å². The minimum atomic E-state index is -0.843. The molecule has 0 radical (unpaired) electrons. The van der Waals surface area contributed by atoms with Crippen molar-refractivity contribution in [2.45, 2.75) is 142 Å². The fourth-order valence-electron chi connectivity index (χ4n) is 4.76. The predicted molar refractivity (Wildman–Crippen MR) is 124 cm³/mol. The summed E-state index contributed by atoms with van der Waals surface area (Å²) in [5.41, 5.74) is 0. The first-order valence-corrected chi connectivity index (χ1v) is 13.0. The highest BCUT2D eigenvalue weighted by Gasteiger charge is 2.37. The molecule has 0 saturated heterocycles. The summed E-state index contributed by atoms with van der Waals surface area (Å²) in [5.74, 6) is -2.11. The maximum absolute atomic E-state index is 12.6. The van der Waals surface area contributed by atoms with Crippen molar-refractivity contribution in [1.29, 1.82) is 0 Å². The summed E-state index contributed by atoms with van der Waals surface area (Å²) in [6, 6.07) is 0. The number of unbranched alkanes of at least 4 members (excludes halogenated alkanes) is 11. The van der Waals surface area contributed by atoms with Crippen molar-refractivity contribution in [3.63, 3.8) is 0 Å². The fraction of sp³-hybridized carbons (Fsp3) is 0.923. The Hall–Kier alpha value is -1.06. The summed E-state index contributed by atoms with van der Waals surface area (Å²) >= 11 is 0. The normalized spacial score (nSPS) is 20.1. The number of esters is 1. The van der Waals surface area contributed by atoms with Gasteiger partial charge in [0.1, 0.15) is 6.10 Å². The molecule has 0 amide bonds. The molecule has 1 saturated carbocycles. The Kier molecular flexibility index (Phi) is 15.8. The average molecular weight is 425 g/mol. The van der Waals surface area contributed by atoms with Gasteiger partial charge in [0, 0.05) is 0 Å². The van der Waals surface area contributed by atoms with Crippen LogP contribution >= 0.6 is 0 Å². The number of rotatable bonds is 18. The summed E-state index contributed by atoms with van der Waals surface area (Å²) in [6.45, 7) is 4.38. The second-order valence-corrected chi connectivity index (χ2v) is 9.36. The van der Waals surface area contributed by atoms with Crippen LogP contribution in [-0.4, -0.2) is 23.1 Å². The van der Waals surface area contributed by atoms with Crippen molar-refractivity contribution in [3.8, 4) is 0 Å². The molecule has 1 aliphatic rings.